The molecule has 0 radical (unpaired) electrons. The molecule has 0 aliphatic carbocycles. The number of benzene rings is 4. The lowest BCUT2D eigenvalue weighted by atomic mass is 10.0. The number of nitrogens with zero attached hydrogens (tertiary/aromatic N) is 2. The number of anilines is 1. The highest BCUT2D eigenvalue weighted by Crippen LogP contribution is 2.28. The maximum Gasteiger partial charge on any atom is 0.264 e. The molecule has 4 aromatic rings. The molecule has 0 heterocycles. The number of hydrogen-bond donors (Lipinski definition) is 1. The Kier molecular flexibility index (Phi) is 11.6. The fourth-order valence-electron chi connectivity index (χ4n) is 4.96. The van der Waals surface area contributed by atoms with E-state index >= 15 is 0 Å². The summed E-state index contributed by atoms with van der Waals surface area (Å²) in [5, 5.41) is 3.07. The van der Waals surface area contributed by atoms with E-state index in [0.29, 0.717) is 10.2 Å². The summed E-state index contributed by atoms with van der Waals surface area (Å²) in [5.74, 6) is -0.778. The molecule has 0 saturated heterocycles. The summed E-state index contributed by atoms with van der Waals surface area (Å²) in [7, 11) is -4.16. The highest BCUT2D eigenvalue weighted by molar-refractivity contribution is 9.10. The van der Waals surface area contributed by atoms with Crippen molar-refractivity contribution in [2.24, 2.45) is 0 Å². The van der Waals surface area contributed by atoms with E-state index in [1.54, 1.807) is 48.5 Å². The van der Waals surface area contributed by atoms with Crippen LogP contribution < -0.4 is 9.62 Å². The lowest BCUT2D eigenvalue weighted by Crippen LogP contribution is -2.54. The van der Waals surface area contributed by atoms with Crippen LogP contribution in [0.5, 0.6) is 0 Å². The van der Waals surface area contributed by atoms with E-state index in [4.69, 9.17) is 0 Å². The van der Waals surface area contributed by atoms with Crippen molar-refractivity contribution < 1.29 is 18.0 Å². The molecule has 0 bridgehead atoms. The second-order valence-electron chi connectivity index (χ2n) is 11.3. The van der Waals surface area contributed by atoms with E-state index in [1.807, 2.05) is 82.3 Å². The molecule has 7 nitrogen and oxygen atoms in total. The van der Waals surface area contributed by atoms with Gasteiger partial charge in [-0.05, 0) is 74.2 Å². The first-order valence-corrected chi connectivity index (χ1v) is 17.3. The Morgan fingerprint density at radius 3 is 2.18 bits per heavy atom. The Labute approximate surface area is 275 Å². The quantitative estimate of drug-likeness (QED) is 0.167. The lowest BCUT2D eigenvalue weighted by molar-refractivity contribution is -0.140. The molecule has 236 valence electrons. The Morgan fingerprint density at radius 1 is 0.867 bits per heavy atom. The van der Waals surface area contributed by atoms with Crippen LogP contribution in [0.25, 0.3) is 0 Å². The summed E-state index contributed by atoms with van der Waals surface area (Å²) in [6.07, 6.45) is 0.989. The molecule has 2 amide bonds. The van der Waals surface area contributed by atoms with Crippen molar-refractivity contribution in [1.29, 1.82) is 0 Å². The van der Waals surface area contributed by atoms with E-state index in [9.17, 15) is 18.0 Å². The van der Waals surface area contributed by atoms with Gasteiger partial charge in [-0.2, -0.15) is 0 Å². The first kappa shape index (κ1) is 33.9. The van der Waals surface area contributed by atoms with E-state index < -0.39 is 28.5 Å². The number of aryl methyl sites for hydroxylation is 2. The van der Waals surface area contributed by atoms with Gasteiger partial charge in [0.15, 0.2) is 0 Å². The van der Waals surface area contributed by atoms with Gasteiger partial charge in [-0.1, -0.05) is 101 Å². The van der Waals surface area contributed by atoms with Crippen molar-refractivity contribution in [3.8, 4) is 0 Å². The largest absolute Gasteiger partial charge is 0.352 e. The topological polar surface area (TPSA) is 86.8 Å². The minimum atomic E-state index is -4.16. The molecule has 0 fully saturated rings. The number of nitrogens with one attached hydrogen (secondary N) is 1. The predicted octanol–water partition coefficient (Wildman–Crippen LogP) is 6.82. The Bertz CT molecular complexity index is 1710. The molecular formula is C36H40BrN3O4S. The summed E-state index contributed by atoms with van der Waals surface area (Å²) in [4.78, 5) is 30.1. The van der Waals surface area contributed by atoms with Crippen LogP contribution in [0.2, 0.25) is 0 Å². The van der Waals surface area contributed by atoms with Crippen molar-refractivity contribution >= 4 is 43.5 Å². The second kappa shape index (κ2) is 15.4. The number of rotatable bonds is 13. The molecular weight excluding hydrogens is 650 g/mol. The lowest BCUT2D eigenvalue weighted by Gasteiger charge is -2.34. The van der Waals surface area contributed by atoms with Crippen molar-refractivity contribution in [1.82, 2.24) is 10.2 Å². The first-order valence-electron chi connectivity index (χ1n) is 15.0. The number of amides is 2. The van der Waals surface area contributed by atoms with Crippen LogP contribution in [0.3, 0.4) is 0 Å². The highest BCUT2D eigenvalue weighted by atomic mass is 79.9. The zero-order chi connectivity index (χ0) is 32.6. The molecule has 0 aliphatic rings. The zero-order valence-electron chi connectivity index (χ0n) is 26.1. The fourth-order valence-corrected chi connectivity index (χ4v) is 6.76. The molecule has 0 aromatic heterocycles. The number of carbonyl (C=O) groups is 2. The van der Waals surface area contributed by atoms with Crippen LogP contribution in [-0.4, -0.2) is 43.8 Å². The van der Waals surface area contributed by atoms with Gasteiger partial charge >= 0.3 is 0 Å². The average Bonchev–Trinajstić information content (AvgIpc) is 3.02. The Hall–Kier alpha value is -3.95. The third-order valence-corrected chi connectivity index (χ3v) is 10.1. The van der Waals surface area contributed by atoms with Crippen molar-refractivity contribution in [2.45, 2.75) is 64.1 Å². The van der Waals surface area contributed by atoms with Gasteiger partial charge in [0.25, 0.3) is 10.0 Å². The van der Waals surface area contributed by atoms with Gasteiger partial charge in [-0.15, -0.1) is 0 Å². The number of carbonyl (C=O) groups excluding carboxylic acids is 2. The highest BCUT2D eigenvalue weighted by Gasteiger charge is 2.35. The van der Waals surface area contributed by atoms with Crippen LogP contribution in [-0.2, 0) is 32.6 Å². The van der Waals surface area contributed by atoms with E-state index in [0.717, 1.165) is 33.0 Å². The molecule has 9 heteroatoms. The summed E-state index contributed by atoms with van der Waals surface area (Å²) in [6, 6.07) is 29.7. The van der Waals surface area contributed by atoms with Gasteiger partial charge in [0, 0.05) is 23.5 Å². The predicted molar refractivity (Wildman–Crippen MR) is 183 cm³/mol. The fraction of sp³-hybridized carbons (Fsp3) is 0.278. The zero-order valence-corrected chi connectivity index (χ0v) is 28.5. The van der Waals surface area contributed by atoms with Crippen LogP contribution in [0, 0.1) is 13.8 Å². The van der Waals surface area contributed by atoms with Gasteiger partial charge in [0.2, 0.25) is 11.8 Å². The standard InChI is InChI=1S/C36H40BrN3O4S/c1-5-28(4)38-36(42)34(22-29-13-7-6-8-14-29)39(24-30-15-10-9-12-27(30)3)35(41)25-40(32-17-11-16-31(37)23-32)45(43,44)33-20-18-26(2)19-21-33/h6-21,23,28,34H,5,22,24-25H2,1-4H3,(H,38,42)/t28-,34-/m1/s1. The van der Waals surface area contributed by atoms with Gasteiger partial charge in [-0.3, -0.25) is 13.9 Å². The number of hydrogen-bond acceptors (Lipinski definition) is 4. The van der Waals surface area contributed by atoms with Gasteiger partial charge in [0.05, 0.1) is 10.6 Å². The van der Waals surface area contributed by atoms with Gasteiger partial charge < -0.3 is 10.2 Å². The van der Waals surface area contributed by atoms with Crippen LogP contribution in [0.4, 0.5) is 5.69 Å². The molecule has 0 saturated carbocycles. The molecule has 45 heavy (non-hydrogen) atoms. The van der Waals surface area contributed by atoms with Crippen LogP contribution >= 0.6 is 15.9 Å². The maximum atomic E-state index is 14.6. The summed E-state index contributed by atoms with van der Waals surface area (Å²) >= 11 is 3.45. The second-order valence-corrected chi connectivity index (χ2v) is 14.1. The molecule has 0 unspecified atom stereocenters. The van der Waals surface area contributed by atoms with E-state index in [-0.39, 0.29) is 29.8 Å². The molecule has 1 N–H and O–H groups in total. The number of sulfonamides is 1. The van der Waals surface area contributed by atoms with Crippen LogP contribution in [0.15, 0.2) is 112 Å². The smallest absolute Gasteiger partial charge is 0.264 e. The van der Waals surface area contributed by atoms with Crippen molar-refractivity contribution in [3.63, 3.8) is 0 Å². The molecule has 4 rings (SSSR count). The molecule has 2 atom stereocenters. The van der Waals surface area contributed by atoms with E-state index in [1.165, 1.54) is 4.90 Å². The number of halogens is 1. The normalized spacial score (nSPS) is 12.6. The van der Waals surface area contributed by atoms with Gasteiger partial charge in [-0.25, -0.2) is 8.42 Å². The third-order valence-electron chi connectivity index (χ3n) is 7.86. The molecule has 4 aromatic carbocycles. The first-order chi connectivity index (χ1) is 21.5. The Balaban J connectivity index is 1.82. The Morgan fingerprint density at radius 2 is 1.53 bits per heavy atom. The summed E-state index contributed by atoms with van der Waals surface area (Å²) in [5.41, 5.74) is 3.97. The molecule has 0 spiro atoms. The minimum absolute atomic E-state index is 0.0710. The maximum absolute atomic E-state index is 14.6. The van der Waals surface area contributed by atoms with Crippen molar-refractivity contribution in [3.05, 3.63) is 130 Å². The van der Waals surface area contributed by atoms with Crippen LogP contribution in [0.1, 0.15) is 42.5 Å². The third kappa shape index (κ3) is 8.83. The SMILES string of the molecule is CC[C@@H](C)NC(=O)[C@@H](Cc1ccccc1)N(Cc1ccccc1C)C(=O)CN(c1cccc(Br)c1)S(=O)(=O)c1ccc(C)cc1. The monoisotopic (exact) mass is 689 g/mol. The van der Waals surface area contributed by atoms with Gasteiger partial charge in [0.1, 0.15) is 12.6 Å². The molecule has 0 aliphatic heterocycles. The summed E-state index contributed by atoms with van der Waals surface area (Å²) in [6.45, 7) is 7.38. The average molecular weight is 691 g/mol. The summed E-state index contributed by atoms with van der Waals surface area (Å²) < 4.78 is 30.1. The van der Waals surface area contributed by atoms with Crippen molar-refractivity contribution in [2.75, 3.05) is 10.8 Å². The minimum Gasteiger partial charge on any atom is -0.352 e. The van der Waals surface area contributed by atoms with E-state index in [2.05, 4.69) is 21.2 Å².